The van der Waals surface area contributed by atoms with Crippen LogP contribution in [0.5, 0.6) is 0 Å². The predicted octanol–water partition coefficient (Wildman–Crippen LogP) is 5.60. The minimum absolute atomic E-state index is 0.0728. The minimum atomic E-state index is -4.61. The minimum Gasteiger partial charge on any atom is -0.325 e. The van der Waals surface area contributed by atoms with Crippen LogP contribution >= 0.6 is 0 Å². The fourth-order valence-corrected chi connectivity index (χ4v) is 3.86. The average molecular weight is 473 g/mol. The first-order chi connectivity index (χ1) is 15.8. The quantitative estimate of drug-likeness (QED) is 0.516. The van der Waals surface area contributed by atoms with Gasteiger partial charge in [0.15, 0.2) is 5.65 Å². The molecule has 0 atom stereocenters. The number of pyridine rings is 1. The van der Waals surface area contributed by atoms with E-state index in [1.165, 1.54) is 6.92 Å². The third-order valence-electron chi connectivity index (χ3n) is 5.61. The first-order valence-corrected chi connectivity index (χ1v) is 11.0. The number of benzene rings is 1. The number of fused-ring (bicyclic) bond motifs is 1. The van der Waals surface area contributed by atoms with Gasteiger partial charge >= 0.3 is 6.18 Å². The van der Waals surface area contributed by atoms with Gasteiger partial charge in [0.05, 0.1) is 39.1 Å². The van der Waals surface area contributed by atoms with Gasteiger partial charge in [-0.1, -0.05) is 0 Å². The summed E-state index contributed by atoms with van der Waals surface area (Å²) in [4.78, 5) is 29.8. The van der Waals surface area contributed by atoms with E-state index < -0.39 is 29.1 Å². The van der Waals surface area contributed by atoms with Crippen LogP contribution in [0, 0.1) is 6.92 Å². The largest absolute Gasteiger partial charge is 0.416 e. The Balaban J connectivity index is 1.84. The summed E-state index contributed by atoms with van der Waals surface area (Å²) in [5, 5.41) is 10.2. The zero-order valence-electron chi connectivity index (χ0n) is 19.6. The zero-order chi connectivity index (χ0) is 25.0. The summed E-state index contributed by atoms with van der Waals surface area (Å²) in [6.45, 7) is 8.94. The van der Waals surface area contributed by atoms with Crippen molar-refractivity contribution in [3.8, 4) is 0 Å². The van der Waals surface area contributed by atoms with Crippen LogP contribution in [-0.2, 0) is 16.5 Å². The Morgan fingerprint density at radius 3 is 2.29 bits per heavy atom. The second-order valence-corrected chi connectivity index (χ2v) is 9.63. The summed E-state index contributed by atoms with van der Waals surface area (Å²) in [6, 6.07) is 4.49. The Bertz CT molecular complexity index is 1300. The molecule has 34 heavy (non-hydrogen) atoms. The van der Waals surface area contributed by atoms with Crippen molar-refractivity contribution in [3.63, 3.8) is 0 Å². The molecule has 1 aromatic carbocycles. The van der Waals surface area contributed by atoms with Crippen molar-refractivity contribution >= 4 is 34.2 Å². The van der Waals surface area contributed by atoms with E-state index in [1.54, 1.807) is 17.7 Å². The number of hydrogen-bond donors (Lipinski definition) is 2. The lowest BCUT2D eigenvalue weighted by atomic mass is 10.1. The van der Waals surface area contributed by atoms with Crippen LogP contribution in [-0.4, -0.2) is 26.6 Å². The molecule has 10 heteroatoms. The fourth-order valence-electron chi connectivity index (χ4n) is 3.86. The van der Waals surface area contributed by atoms with E-state index in [9.17, 15) is 22.8 Å². The zero-order valence-corrected chi connectivity index (χ0v) is 19.6. The maximum Gasteiger partial charge on any atom is 0.416 e. The molecule has 2 aromatic heterocycles. The van der Waals surface area contributed by atoms with Gasteiger partial charge in [0.2, 0.25) is 5.91 Å². The fraction of sp³-hybridized carbons (Fsp3) is 0.417. The van der Waals surface area contributed by atoms with Crippen molar-refractivity contribution in [1.82, 2.24) is 14.8 Å². The Kier molecular flexibility index (Phi) is 5.65. The SMILES string of the molecule is CC(=O)Nc1ccc(C(F)(F)F)cc1NC(=O)c1cc(C2CC2)nc2c1c(C)nn2C(C)(C)C. The molecule has 1 fully saturated rings. The number of carbonyl (C=O) groups excluding carboxylic acids is 2. The highest BCUT2D eigenvalue weighted by atomic mass is 19.4. The smallest absolute Gasteiger partial charge is 0.325 e. The molecule has 2 amide bonds. The summed E-state index contributed by atoms with van der Waals surface area (Å²) in [5.41, 5.74) is 0.793. The standard InChI is InChI=1S/C24H26F3N5O2/c1-12-20-16(11-18(14-6-7-14)29-21(20)32(31-12)23(3,4)5)22(34)30-19-10-15(24(25,26)27)8-9-17(19)28-13(2)33/h8-11,14H,6-7H2,1-5H3,(H,28,33)(H,30,34). The van der Waals surface area contributed by atoms with Crippen LogP contribution in [0.3, 0.4) is 0 Å². The van der Waals surface area contributed by atoms with Crippen LogP contribution < -0.4 is 10.6 Å². The van der Waals surface area contributed by atoms with Gasteiger partial charge in [-0.25, -0.2) is 9.67 Å². The highest BCUT2D eigenvalue weighted by molar-refractivity contribution is 6.14. The summed E-state index contributed by atoms with van der Waals surface area (Å²) < 4.78 is 41.8. The normalized spacial score (nSPS) is 14.4. The van der Waals surface area contributed by atoms with Crippen LogP contribution in [0.1, 0.15) is 73.8 Å². The lowest BCUT2D eigenvalue weighted by molar-refractivity contribution is -0.137. The number of hydrogen-bond acceptors (Lipinski definition) is 4. The van der Waals surface area contributed by atoms with Crippen LogP contribution in [0.2, 0.25) is 0 Å². The molecule has 7 nitrogen and oxygen atoms in total. The van der Waals surface area contributed by atoms with Gasteiger partial charge < -0.3 is 10.6 Å². The van der Waals surface area contributed by atoms with Crippen molar-refractivity contribution < 1.29 is 22.8 Å². The molecule has 0 unspecified atom stereocenters. The number of aryl methyl sites for hydroxylation is 1. The molecule has 3 aromatic rings. The van der Waals surface area contributed by atoms with Gasteiger partial charge in [-0.15, -0.1) is 0 Å². The van der Waals surface area contributed by atoms with Gasteiger partial charge in [0.25, 0.3) is 5.91 Å². The number of carbonyl (C=O) groups is 2. The van der Waals surface area contributed by atoms with Crippen molar-refractivity contribution in [2.75, 3.05) is 10.6 Å². The second-order valence-electron chi connectivity index (χ2n) is 9.63. The highest BCUT2D eigenvalue weighted by Crippen LogP contribution is 2.41. The molecule has 0 radical (unpaired) electrons. The van der Waals surface area contributed by atoms with Crippen LogP contribution in [0.4, 0.5) is 24.5 Å². The lowest BCUT2D eigenvalue weighted by Crippen LogP contribution is -2.24. The van der Waals surface area contributed by atoms with Crippen molar-refractivity contribution in [2.24, 2.45) is 0 Å². The number of amides is 2. The molecular weight excluding hydrogens is 447 g/mol. The Hall–Kier alpha value is -3.43. The topological polar surface area (TPSA) is 88.9 Å². The summed E-state index contributed by atoms with van der Waals surface area (Å²) in [5.74, 6) is -0.834. The van der Waals surface area contributed by atoms with Gasteiger partial charge in [0.1, 0.15) is 0 Å². The van der Waals surface area contributed by atoms with E-state index in [0.717, 1.165) is 36.7 Å². The third-order valence-corrected chi connectivity index (χ3v) is 5.61. The third kappa shape index (κ3) is 4.62. The highest BCUT2D eigenvalue weighted by Gasteiger charge is 2.33. The van der Waals surface area contributed by atoms with Gasteiger partial charge in [-0.3, -0.25) is 9.59 Å². The molecule has 4 rings (SSSR count). The molecule has 1 saturated carbocycles. The maximum absolute atomic E-state index is 13.5. The van der Waals surface area contributed by atoms with E-state index >= 15 is 0 Å². The molecule has 0 aliphatic heterocycles. The van der Waals surface area contributed by atoms with Crippen molar-refractivity contribution in [1.29, 1.82) is 0 Å². The summed E-state index contributed by atoms with van der Waals surface area (Å²) in [7, 11) is 0. The Morgan fingerprint density at radius 2 is 1.74 bits per heavy atom. The van der Waals surface area contributed by atoms with Crippen molar-refractivity contribution in [3.05, 3.63) is 46.8 Å². The van der Waals surface area contributed by atoms with E-state index in [-0.39, 0.29) is 22.9 Å². The van der Waals surface area contributed by atoms with Crippen LogP contribution in [0.15, 0.2) is 24.3 Å². The number of nitrogens with zero attached hydrogens (tertiary/aromatic N) is 3. The second kappa shape index (κ2) is 8.11. The average Bonchev–Trinajstić information content (AvgIpc) is 3.50. The van der Waals surface area contributed by atoms with Gasteiger partial charge in [0, 0.05) is 18.5 Å². The van der Waals surface area contributed by atoms with E-state index in [4.69, 9.17) is 4.98 Å². The molecule has 2 heterocycles. The molecule has 0 bridgehead atoms. The number of nitrogens with one attached hydrogen (secondary N) is 2. The Labute approximate surface area is 194 Å². The number of halogens is 3. The van der Waals surface area contributed by atoms with E-state index in [0.29, 0.717) is 16.7 Å². The molecular formula is C24H26F3N5O2. The molecule has 180 valence electrons. The predicted molar refractivity (Wildman–Crippen MR) is 123 cm³/mol. The first-order valence-electron chi connectivity index (χ1n) is 11.0. The number of rotatable bonds is 4. The molecule has 1 aliphatic rings. The Morgan fingerprint density at radius 1 is 1.06 bits per heavy atom. The molecule has 0 saturated heterocycles. The van der Waals surface area contributed by atoms with E-state index in [1.807, 2.05) is 20.8 Å². The lowest BCUT2D eigenvalue weighted by Gasteiger charge is -2.20. The number of aromatic nitrogens is 3. The molecule has 0 spiro atoms. The van der Waals surface area contributed by atoms with Gasteiger partial charge in [-0.05, 0) is 64.8 Å². The molecule has 1 aliphatic carbocycles. The number of anilines is 2. The molecule has 2 N–H and O–H groups in total. The first kappa shape index (κ1) is 23.7. The van der Waals surface area contributed by atoms with Gasteiger partial charge in [-0.2, -0.15) is 18.3 Å². The maximum atomic E-state index is 13.5. The number of alkyl halides is 3. The van der Waals surface area contributed by atoms with Crippen molar-refractivity contribution in [2.45, 2.75) is 65.1 Å². The monoisotopic (exact) mass is 473 g/mol. The van der Waals surface area contributed by atoms with E-state index in [2.05, 4.69) is 15.7 Å². The van der Waals surface area contributed by atoms with Crippen LogP contribution in [0.25, 0.3) is 11.0 Å². The summed E-state index contributed by atoms with van der Waals surface area (Å²) >= 11 is 0. The summed E-state index contributed by atoms with van der Waals surface area (Å²) in [6.07, 6.45) is -2.69.